The number of fused-ring (bicyclic) bond motifs is 10. The molecule has 0 aliphatic heterocycles. The Labute approximate surface area is 292 Å². The number of nitrogens with zero attached hydrogens (tertiary/aromatic N) is 1. The first-order valence-corrected chi connectivity index (χ1v) is 17.5. The van der Waals surface area contributed by atoms with E-state index in [4.69, 9.17) is 0 Å². The second kappa shape index (κ2) is 10.9. The smallest absolute Gasteiger partial charge is 0.0623 e. The third-order valence-corrected chi connectivity index (χ3v) is 10.9. The molecule has 8 aromatic carbocycles. The number of hydrogen-bond donors (Lipinski definition) is 0. The van der Waals surface area contributed by atoms with Gasteiger partial charge in [-0.3, -0.25) is 0 Å². The van der Waals surface area contributed by atoms with Crippen LogP contribution in [0, 0.1) is 0 Å². The maximum absolute atomic E-state index is 2.52. The lowest BCUT2D eigenvalue weighted by Crippen LogP contribution is -2.15. The van der Waals surface area contributed by atoms with E-state index in [1.54, 1.807) is 0 Å². The lowest BCUT2D eigenvalue weighted by atomic mass is 9.79. The molecule has 1 aliphatic rings. The van der Waals surface area contributed by atoms with E-state index in [-0.39, 0.29) is 5.41 Å². The minimum atomic E-state index is -0.142. The average molecular weight is 638 g/mol. The zero-order valence-corrected chi connectivity index (χ0v) is 28.2. The Balaban J connectivity index is 1.26. The molecule has 236 valence electrons. The van der Waals surface area contributed by atoms with E-state index >= 15 is 0 Å². The van der Waals surface area contributed by atoms with Crippen LogP contribution >= 0.6 is 0 Å². The highest BCUT2D eigenvalue weighted by molar-refractivity contribution is 6.25. The van der Waals surface area contributed by atoms with Crippen LogP contribution in [0.5, 0.6) is 0 Å². The molecular formula is C49H35N. The molecule has 1 heterocycles. The minimum Gasteiger partial charge on any atom is -0.309 e. The van der Waals surface area contributed by atoms with Gasteiger partial charge in [-0.05, 0) is 97.4 Å². The van der Waals surface area contributed by atoms with Gasteiger partial charge in [-0.2, -0.15) is 0 Å². The van der Waals surface area contributed by atoms with Gasteiger partial charge in [0.15, 0.2) is 0 Å². The van der Waals surface area contributed by atoms with Crippen LogP contribution in [-0.2, 0) is 5.41 Å². The number of hydrogen-bond acceptors (Lipinski definition) is 0. The lowest BCUT2D eigenvalue weighted by Gasteiger charge is -2.23. The van der Waals surface area contributed by atoms with Crippen LogP contribution in [0.25, 0.3) is 82.8 Å². The van der Waals surface area contributed by atoms with Gasteiger partial charge < -0.3 is 4.57 Å². The van der Waals surface area contributed by atoms with Crippen molar-refractivity contribution >= 4 is 32.6 Å². The van der Waals surface area contributed by atoms with E-state index in [0.29, 0.717) is 0 Å². The highest BCUT2D eigenvalue weighted by atomic mass is 15.0. The van der Waals surface area contributed by atoms with Gasteiger partial charge in [0.1, 0.15) is 0 Å². The predicted molar refractivity (Wildman–Crippen MR) is 212 cm³/mol. The first-order valence-electron chi connectivity index (χ1n) is 17.5. The average Bonchev–Trinajstić information content (AvgIpc) is 3.65. The topological polar surface area (TPSA) is 4.93 Å². The summed E-state index contributed by atoms with van der Waals surface area (Å²) in [4.78, 5) is 0. The molecule has 1 nitrogen and oxygen atoms in total. The molecule has 0 unspecified atom stereocenters. The van der Waals surface area contributed by atoms with Crippen molar-refractivity contribution in [3.05, 3.63) is 187 Å². The van der Waals surface area contributed by atoms with Gasteiger partial charge in [-0.1, -0.05) is 153 Å². The Morgan fingerprint density at radius 1 is 0.420 bits per heavy atom. The van der Waals surface area contributed by atoms with Crippen molar-refractivity contribution in [3.8, 4) is 50.2 Å². The van der Waals surface area contributed by atoms with Crippen molar-refractivity contribution in [2.75, 3.05) is 0 Å². The Hall–Kier alpha value is -6.18. The number of benzene rings is 8. The monoisotopic (exact) mass is 637 g/mol. The molecule has 9 aromatic rings. The van der Waals surface area contributed by atoms with E-state index in [2.05, 4.69) is 194 Å². The molecule has 0 bridgehead atoms. The van der Waals surface area contributed by atoms with Crippen molar-refractivity contribution in [2.45, 2.75) is 19.3 Å². The molecule has 0 fully saturated rings. The van der Waals surface area contributed by atoms with E-state index in [9.17, 15) is 0 Å². The number of aromatic nitrogens is 1. The molecule has 50 heavy (non-hydrogen) atoms. The van der Waals surface area contributed by atoms with Crippen molar-refractivity contribution in [1.29, 1.82) is 0 Å². The maximum Gasteiger partial charge on any atom is 0.0623 e. The summed E-state index contributed by atoms with van der Waals surface area (Å²) >= 11 is 0. The van der Waals surface area contributed by atoms with Crippen LogP contribution in [0.4, 0.5) is 0 Å². The van der Waals surface area contributed by atoms with Gasteiger partial charge in [0.25, 0.3) is 0 Å². The molecule has 1 aliphatic carbocycles. The first kappa shape index (κ1) is 28.8. The predicted octanol–water partition coefficient (Wildman–Crippen LogP) is 13.2. The van der Waals surface area contributed by atoms with Crippen LogP contribution in [0.2, 0.25) is 0 Å². The van der Waals surface area contributed by atoms with Crippen LogP contribution in [0.3, 0.4) is 0 Å². The van der Waals surface area contributed by atoms with Crippen LogP contribution in [0.1, 0.15) is 25.0 Å². The normalized spacial score (nSPS) is 13.2. The fourth-order valence-electron chi connectivity index (χ4n) is 8.68. The van der Waals surface area contributed by atoms with Gasteiger partial charge in [0.05, 0.1) is 11.0 Å². The number of para-hydroxylation sites is 1. The van der Waals surface area contributed by atoms with E-state index in [0.717, 1.165) is 0 Å². The largest absolute Gasteiger partial charge is 0.309 e. The molecule has 1 heteroatoms. The Morgan fingerprint density at radius 2 is 0.960 bits per heavy atom. The fraction of sp³-hybridized carbons (Fsp3) is 0.0612. The molecule has 0 spiro atoms. The summed E-state index contributed by atoms with van der Waals surface area (Å²) in [7, 11) is 0. The van der Waals surface area contributed by atoms with Crippen LogP contribution in [-0.4, -0.2) is 4.57 Å². The van der Waals surface area contributed by atoms with Gasteiger partial charge in [-0.25, -0.2) is 0 Å². The summed E-state index contributed by atoms with van der Waals surface area (Å²) in [5, 5.41) is 5.26. The Bertz CT molecular complexity index is 2710. The summed E-state index contributed by atoms with van der Waals surface area (Å²) in [5.74, 6) is 0. The molecular weight excluding hydrogens is 603 g/mol. The van der Waals surface area contributed by atoms with E-state index in [1.165, 1.54) is 93.9 Å². The maximum atomic E-state index is 2.52. The van der Waals surface area contributed by atoms with Gasteiger partial charge in [-0.15, -0.1) is 0 Å². The highest BCUT2D eigenvalue weighted by Crippen LogP contribution is 2.56. The summed E-state index contributed by atoms with van der Waals surface area (Å²) in [6.45, 7) is 4.81. The van der Waals surface area contributed by atoms with Gasteiger partial charge >= 0.3 is 0 Å². The molecule has 0 amide bonds. The van der Waals surface area contributed by atoms with Gasteiger partial charge in [0.2, 0.25) is 0 Å². The van der Waals surface area contributed by atoms with Gasteiger partial charge in [0, 0.05) is 27.3 Å². The minimum absolute atomic E-state index is 0.142. The third kappa shape index (κ3) is 4.20. The molecule has 0 saturated heterocycles. The molecule has 0 radical (unpaired) electrons. The summed E-state index contributed by atoms with van der Waals surface area (Å²) in [6, 6.07) is 64.6. The first-order chi connectivity index (χ1) is 24.6. The van der Waals surface area contributed by atoms with Crippen LogP contribution < -0.4 is 0 Å². The summed E-state index contributed by atoms with van der Waals surface area (Å²) in [5.41, 5.74) is 16.4. The second-order valence-corrected chi connectivity index (χ2v) is 14.1. The molecule has 1 aromatic heterocycles. The fourth-order valence-corrected chi connectivity index (χ4v) is 8.68. The number of rotatable bonds is 4. The van der Waals surface area contributed by atoms with E-state index in [1.807, 2.05) is 0 Å². The Kier molecular flexibility index (Phi) is 6.29. The quantitative estimate of drug-likeness (QED) is 0.181. The second-order valence-electron chi connectivity index (χ2n) is 14.1. The highest BCUT2D eigenvalue weighted by Gasteiger charge is 2.39. The van der Waals surface area contributed by atoms with Crippen molar-refractivity contribution in [1.82, 2.24) is 4.57 Å². The standard InChI is InChI=1S/C49H35N/c1-49(2)43-26-13-11-24-41(43)45-39-22-9-10-23-40(39)48-46(47(45)49)42-25-12-14-27-44(42)50(48)38-21-15-20-34(31-38)37-29-35(32-16-5-3-6-17-32)28-36(30-37)33-18-7-4-8-19-33/h3-31H,1-2H3. The van der Waals surface area contributed by atoms with Crippen molar-refractivity contribution < 1.29 is 0 Å². The van der Waals surface area contributed by atoms with Crippen molar-refractivity contribution in [3.63, 3.8) is 0 Å². The summed E-state index contributed by atoms with van der Waals surface area (Å²) in [6.07, 6.45) is 0. The Morgan fingerprint density at radius 3 is 1.66 bits per heavy atom. The van der Waals surface area contributed by atoms with Crippen LogP contribution in [0.15, 0.2) is 176 Å². The zero-order valence-electron chi connectivity index (χ0n) is 28.2. The lowest BCUT2D eigenvalue weighted by molar-refractivity contribution is 0.667. The molecule has 0 atom stereocenters. The molecule has 0 N–H and O–H groups in total. The zero-order chi connectivity index (χ0) is 33.4. The SMILES string of the molecule is CC1(C)c2ccccc2-c2c1c1c3ccccc3n(-c3cccc(-c4cc(-c5ccccc5)cc(-c5ccccc5)c4)c3)c1c1ccccc21. The summed E-state index contributed by atoms with van der Waals surface area (Å²) < 4.78 is 2.52. The van der Waals surface area contributed by atoms with Crippen molar-refractivity contribution in [2.24, 2.45) is 0 Å². The third-order valence-electron chi connectivity index (χ3n) is 10.9. The molecule has 0 saturated carbocycles. The van der Waals surface area contributed by atoms with E-state index < -0.39 is 0 Å². The molecule has 10 rings (SSSR count).